The zero-order chi connectivity index (χ0) is 19.9. The van der Waals surface area contributed by atoms with Crippen molar-refractivity contribution in [3.8, 4) is 0 Å². The average molecular weight is 415 g/mol. The SMILES string of the molecule is CCOC(=O)Cc1csc(NC(=O)CCNS(=O)(=O)c2ccc(F)cc2)n1. The first-order valence-corrected chi connectivity index (χ1v) is 10.3. The summed E-state index contributed by atoms with van der Waals surface area (Å²) in [6, 6.07) is 4.35. The van der Waals surface area contributed by atoms with E-state index in [0.29, 0.717) is 10.8 Å². The van der Waals surface area contributed by atoms with Crippen LogP contribution in [0.15, 0.2) is 34.5 Å². The van der Waals surface area contributed by atoms with E-state index in [1.54, 1.807) is 12.3 Å². The van der Waals surface area contributed by atoms with Crippen molar-refractivity contribution in [3.63, 3.8) is 0 Å². The van der Waals surface area contributed by atoms with Crippen LogP contribution in [0.25, 0.3) is 0 Å². The first kappa shape index (κ1) is 20.9. The van der Waals surface area contributed by atoms with Crippen molar-refractivity contribution in [2.24, 2.45) is 0 Å². The number of anilines is 1. The van der Waals surface area contributed by atoms with Gasteiger partial charge in [0.25, 0.3) is 0 Å². The van der Waals surface area contributed by atoms with Crippen molar-refractivity contribution in [2.75, 3.05) is 18.5 Å². The Kier molecular flexibility index (Phi) is 7.39. The summed E-state index contributed by atoms with van der Waals surface area (Å²) in [6.45, 7) is 1.85. The van der Waals surface area contributed by atoms with Gasteiger partial charge in [0.15, 0.2) is 5.13 Å². The van der Waals surface area contributed by atoms with Crippen LogP contribution in [0, 0.1) is 5.82 Å². The second-order valence-corrected chi connectivity index (χ2v) is 7.90. The highest BCUT2D eigenvalue weighted by molar-refractivity contribution is 7.89. The predicted molar refractivity (Wildman–Crippen MR) is 97.3 cm³/mol. The molecule has 0 unspecified atom stereocenters. The smallest absolute Gasteiger partial charge is 0.311 e. The second kappa shape index (κ2) is 9.53. The maximum absolute atomic E-state index is 12.9. The van der Waals surface area contributed by atoms with Crippen LogP contribution in [0.4, 0.5) is 9.52 Å². The normalized spacial score (nSPS) is 11.2. The van der Waals surface area contributed by atoms with Crippen molar-refractivity contribution in [1.82, 2.24) is 9.71 Å². The van der Waals surface area contributed by atoms with Gasteiger partial charge in [-0.25, -0.2) is 22.5 Å². The molecule has 0 bridgehead atoms. The third kappa shape index (κ3) is 6.70. The molecule has 0 aliphatic carbocycles. The quantitative estimate of drug-likeness (QED) is 0.603. The van der Waals surface area contributed by atoms with E-state index in [2.05, 4.69) is 15.0 Å². The van der Waals surface area contributed by atoms with Crippen LogP contribution in [0.3, 0.4) is 0 Å². The molecule has 1 heterocycles. The number of carbonyl (C=O) groups excluding carboxylic acids is 2. The van der Waals surface area contributed by atoms with Gasteiger partial charge in [-0.3, -0.25) is 9.59 Å². The van der Waals surface area contributed by atoms with Gasteiger partial charge in [0.05, 0.1) is 23.6 Å². The molecule has 1 aromatic carbocycles. The molecule has 0 aliphatic rings. The number of halogens is 1. The summed E-state index contributed by atoms with van der Waals surface area (Å²) >= 11 is 1.15. The summed E-state index contributed by atoms with van der Waals surface area (Å²) in [4.78, 5) is 27.3. The topological polar surface area (TPSA) is 114 Å². The number of esters is 1. The summed E-state index contributed by atoms with van der Waals surface area (Å²) in [7, 11) is -3.82. The van der Waals surface area contributed by atoms with E-state index in [0.717, 1.165) is 35.6 Å². The maximum atomic E-state index is 12.9. The maximum Gasteiger partial charge on any atom is 0.311 e. The Balaban J connectivity index is 1.80. The third-order valence-corrected chi connectivity index (χ3v) is 5.48. The molecule has 0 fully saturated rings. The first-order chi connectivity index (χ1) is 12.8. The number of benzene rings is 1. The summed E-state index contributed by atoms with van der Waals surface area (Å²) in [5.74, 6) is -1.39. The number of aromatic nitrogens is 1. The summed E-state index contributed by atoms with van der Waals surface area (Å²) in [6.07, 6.45) is -0.106. The van der Waals surface area contributed by atoms with Gasteiger partial charge in [0.1, 0.15) is 5.82 Å². The van der Waals surface area contributed by atoms with Gasteiger partial charge in [-0.1, -0.05) is 0 Å². The average Bonchev–Trinajstić information content (AvgIpc) is 3.02. The van der Waals surface area contributed by atoms with Crippen molar-refractivity contribution < 1.29 is 27.1 Å². The largest absolute Gasteiger partial charge is 0.466 e. The first-order valence-electron chi connectivity index (χ1n) is 7.95. The lowest BCUT2D eigenvalue weighted by Gasteiger charge is -2.06. The number of sulfonamides is 1. The number of nitrogens with one attached hydrogen (secondary N) is 2. The van der Waals surface area contributed by atoms with Crippen molar-refractivity contribution in [2.45, 2.75) is 24.7 Å². The molecule has 0 atom stereocenters. The van der Waals surface area contributed by atoms with Crippen LogP contribution in [0.5, 0.6) is 0 Å². The van der Waals surface area contributed by atoms with Crippen molar-refractivity contribution in [3.05, 3.63) is 41.2 Å². The number of hydrogen-bond acceptors (Lipinski definition) is 7. The molecule has 0 spiro atoms. The number of thiazole rings is 1. The van der Waals surface area contributed by atoms with Crippen molar-refractivity contribution in [1.29, 1.82) is 0 Å². The highest BCUT2D eigenvalue weighted by Crippen LogP contribution is 2.16. The van der Waals surface area contributed by atoms with Crippen LogP contribution < -0.4 is 10.0 Å². The fourth-order valence-electron chi connectivity index (χ4n) is 1.98. The molecule has 2 rings (SSSR count). The van der Waals surface area contributed by atoms with Crippen LogP contribution in [0.1, 0.15) is 19.0 Å². The molecule has 2 N–H and O–H groups in total. The molecule has 0 radical (unpaired) electrons. The highest BCUT2D eigenvalue weighted by atomic mass is 32.2. The van der Waals surface area contributed by atoms with Gasteiger partial charge < -0.3 is 10.1 Å². The molecule has 0 saturated heterocycles. The van der Waals surface area contributed by atoms with E-state index < -0.39 is 27.7 Å². The number of carbonyl (C=O) groups is 2. The Bertz CT molecular complexity index is 897. The molecule has 1 amide bonds. The lowest BCUT2D eigenvalue weighted by molar-refractivity contribution is -0.142. The fourth-order valence-corrected chi connectivity index (χ4v) is 3.74. The Morgan fingerprint density at radius 2 is 1.96 bits per heavy atom. The molecule has 0 aliphatic heterocycles. The van der Waals surface area contributed by atoms with E-state index >= 15 is 0 Å². The lowest BCUT2D eigenvalue weighted by Crippen LogP contribution is -2.27. The standard InChI is InChI=1S/C16H18FN3O5S2/c1-2-25-15(22)9-12-10-26-16(19-12)20-14(21)7-8-18-27(23,24)13-5-3-11(17)4-6-13/h3-6,10,18H,2,7-9H2,1H3,(H,19,20,21). The van der Waals surface area contributed by atoms with Gasteiger partial charge >= 0.3 is 5.97 Å². The Morgan fingerprint density at radius 1 is 1.26 bits per heavy atom. The summed E-state index contributed by atoms with van der Waals surface area (Å²) < 4.78 is 44.0. The second-order valence-electron chi connectivity index (χ2n) is 5.28. The van der Waals surface area contributed by atoms with E-state index in [9.17, 15) is 22.4 Å². The molecule has 1 aromatic heterocycles. The monoisotopic (exact) mass is 415 g/mol. The minimum absolute atomic E-state index is 0.0116. The van der Waals surface area contributed by atoms with Gasteiger partial charge in [-0.05, 0) is 31.2 Å². The van der Waals surface area contributed by atoms with Gasteiger partial charge in [-0.15, -0.1) is 11.3 Å². The molecule has 0 saturated carbocycles. The third-order valence-electron chi connectivity index (χ3n) is 3.20. The Morgan fingerprint density at radius 3 is 2.63 bits per heavy atom. The van der Waals surface area contributed by atoms with Gasteiger partial charge in [0, 0.05) is 18.3 Å². The number of ether oxygens (including phenoxy) is 1. The molecule has 11 heteroatoms. The zero-order valence-electron chi connectivity index (χ0n) is 14.4. The minimum atomic E-state index is -3.82. The molecule has 8 nitrogen and oxygen atoms in total. The van der Waals surface area contributed by atoms with Gasteiger partial charge in [0.2, 0.25) is 15.9 Å². The highest BCUT2D eigenvalue weighted by Gasteiger charge is 2.15. The molecule has 146 valence electrons. The van der Waals surface area contributed by atoms with Crippen LogP contribution >= 0.6 is 11.3 Å². The molecular formula is C16H18FN3O5S2. The summed E-state index contributed by atoms with van der Waals surface area (Å²) in [5.41, 5.74) is 0.478. The minimum Gasteiger partial charge on any atom is -0.466 e. The van der Waals surface area contributed by atoms with Crippen LogP contribution in [-0.4, -0.2) is 38.4 Å². The predicted octanol–water partition coefficient (Wildman–Crippen LogP) is 1.69. The number of nitrogens with zero attached hydrogens (tertiary/aromatic N) is 1. The van der Waals surface area contributed by atoms with E-state index in [1.807, 2.05) is 0 Å². The molecule has 2 aromatic rings. The van der Waals surface area contributed by atoms with Crippen LogP contribution in [-0.2, 0) is 30.8 Å². The van der Waals surface area contributed by atoms with E-state index in [-0.39, 0.29) is 30.9 Å². The van der Waals surface area contributed by atoms with Gasteiger partial charge in [-0.2, -0.15) is 0 Å². The molecular weight excluding hydrogens is 397 g/mol. The van der Waals surface area contributed by atoms with Crippen LogP contribution in [0.2, 0.25) is 0 Å². The lowest BCUT2D eigenvalue weighted by atomic mass is 10.3. The number of hydrogen-bond donors (Lipinski definition) is 2. The fraction of sp³-hybridized carbons (Fsp3) is 0.312. The summed E-state index contributed by atoms with van der Waals surface area (Å²) in [5, 5.41) is 4.47. The molecule has 27 heavy (non-hydrogen) atoms. The van der Waals surface area contributed by atoms with Crippen molar-refractivity contribution >= 4 is 38.4 Å². The number of rotatable bonds is 9. The Hall–Kier alpha value is -2.37. The number of amides is 1. The zero-order valence-corrected chi connectivity index (χ0v) is 16.0. The van der Waals surface area contributed by atoms with E-state index in [4.69, 9.17) is 4.74 Å². The van der Waals surface area contributed by atoms with E-state index in [1.165, 1.54) is 0 Å². The Labute approximate surface area is 159 Å².